The number of aromatic carboxylic acids is 2. The monoisotopic (exact) mass is 405 g/mol. The summed E-state index contributed by atoms with van der Waals surface area (Å²) in [6, 6.07) is 3.80. The van der Waals surface area contributed by atoms with Gasteiger partial charge in [0.15, 0.2) is 23.0 Å². The number of carbonyl (C=O) groups is 2. The summed E-state index contributed by atoms with van der Waals surface area (Å²) in [5.41, 5.74) is -1.12. The third-order valence-electron chi connectivity index (χ3n) is 4.45. The van der Waals surface area contributed by atoms with Crippen LogP contribution in [0.5, 0.6) is 23.0 Å². The first-order valence-corrected chi connectivity index (χ1v) is 8.58. The topological polar surface area (TPSA) is 137 Å². The Labute approximate surface area is 167 Å². The molecule has 0 amide bonds. The maximum Gasteiger partial charge on any atom is 0.336 e. The van der Waals surface area contributed by atoms with E-state index < -0.39 is 29.0 Å². The fourth-order valence-corrected chi connectivity index (χ4v) is 3.05. The predicted octanol–water partition coefficient (Wildman–Crippen LogP) is 2.28. The van der Waals surface area contributed by atoms with Crippen molar-refractivity contribution in [3.8, 4) is 34.1 Å². The maximum absolute atomic E-state index is 12.1. The number of nitrogens with zero attached hydrogens (tertiary/aromatic N) is 1. The highest BCUT2D eigenvalue weighted by Crippen LogP contribution is 2.49. The van der Waals surface area contributed by atoms with Crippen LogP contribution in [0.3, 0.4) is 0 Å². The van der Waals surface area contributed by atoms with Gasteiger partial charge in [-0.1, -0.05) is 0 Å². The Morgan fingerprint density at radius 3 is 2.00 bits per heavy atom. The summed E-state index contributed by atoms with van der Waals surface area (Å²) >= 11 is 0. The molecule has 0 saturated heterocycles. The number of benzene rings is 2. The Hall–Kier alpha value is -3.46. The van der Waals surface area contributed by atoms with Crippen LogP contribution >= 0.6 is 0 Å². The smallest absolute Gasteiger partial charge is 0.336 e. The number of hydrogen-bond donors (Lipinski definition) is 4. The number of hydrogen-bond acceptors (Lipinski definition) is 7. The molecule has 9 heteroatoms. The Bertz CT molecular complexity index is 952. The molecular formula is C20H23NO8. The lowest BCUT2D eigenvalue weighted by molar-refractivity contribution is 0.0683. The number of methoxy groups -OCH3 is 2. The van der Waals surface area contributed by atoms with Crippen LogP contribution in [0.1, 0.15) is 26.3 Å². The summed E-state index contributed by atoms with van der Waals surface area (Å²) in [7, 11) is 6.19. The van der Waals surface area contributed by atoms with Crippen molar-refractivity contribution in [2.24, 2.45) is 0 Å². The van der Waals surface area contributed by atoms with Crippen LogP contribution in [0.4, 0.5) is 0 Å². The van der Waals surface area contributed by atoms with Gasteiger partial charge < -0.3 is 34.8 Å². The molecule has 0 atom stereocenters. The lowest BCUT2D eigenvalue weighted by Crippen LogP contribution is -2.17. The van der Waals surface area contributed by atoms with Crippen molar-refractivity contribution in [3.63, 3.8) is 0 Å². The van der Waals surface area contributed by atoms with Gasteiger partial charge in [0.2, 0.25) is 0 Å². The minimum atomic E-state index is -1.41. The second kappa shape index (κ2) is 8.70. The maximum atomic E-state index is 12.1. The van der Waals surface area contributed by atoms with E-state index in [1.807, 2.05) is 19.0 Å². The number of ether oxygens (including phenoxy) is 2. The Balaban J connectivity index is 3.00. The molecule has 0 fully saturated rings. The average molecular weight is 405 g/mol. The van der Waals surface area contributed by atoms with Gasteiger partial charge in [-0.05, 0) is 44.3 Å². The molecule has 2 aromatic carbocycles. The Kier molecular flexibility index (Phi) is 6.55. The van der Waals surface area contributed by atoms with Gasteiger partial charge >= 0.3 is 11.9 Å². The van der Waals surface area contributed by atoms with E-state index in [2.05, 4.69) is 0 Å². The van der Waals surface area contributed by atoms with Crippen LogP contribution in [-0.2, 0) is 6.42 Å². The van der Waals surface area contributed by atoms with E-state index in [4.69, 9.17) is 9.47 Å². The van der Waals surface area contributed by atoms with Gasteiger partial charge in [-0.2, -0.15) is 0 Å². The lowest BCUT2D eigenvalue weighted by atomic mass is 9.89. The zero-order chi connectivity index (χ0) is 21.9. The molecule has 0 aliphatic carbocycles. The molecule has 4 N–H and O–H groups in total. The summed E-state index contributed by atoms with van der Waals surface area (Å²) < 4.78 is 10.2. The van der Waals surface area contributed by atoms with Gasteiger partial charge in [0.05, 0.1) is 25.3 Å². The van der Waals surface area contributed by atoms with Crippen LogP contribution in [0.2, 0.25) is 0 Å². The second-order valence-corrected chi connectivity index (χ2v) is 6.54. The highest BCUT2D eigenvalue weighted by Gasteiger charge is 2.30. The third kappa shape index (κ3) is 4.19. The Morgan fingerprint density at radius 1 is 0.931 bits per heavy atom. The highest BCUT2D eigenvalue weighted by atomic mass is 16.5. The van der Waals surface area contributed by atoms with Crippen molar-refractivity contribution >= 4 is 11.9 Å². The molecule has 0 bridgehead atoms. The molecule has 156 valence electrons. The summed E-state index contributed by atoms with van der Waals surface area (Å²) in [6.07, 6.45) is 0.283. The predicted molar refractivity (Wildman–Crippen MR) is 104 cm³/mol. The van der Waals surface area contributed by atoms with Gasteiger partial charge in [-0.25, -0.2) is 9.59 Å². The molecule has 0 spiro atoms. The van der Waals surface area contributed by atoms with E-state index in [1.165, 1.54) is 32.4 Å². The number of rotatable bonds is 8. The van der Waals surface area contributed by atoms with E-state index in [0.29, 0.717) is 12.1 Å². The Morgan fingerprint density at radius 2 is 1.52 bits per heavy atom. The van der Waals surface area contributed by atoms with Crippen LogP contribution < -0.4 is 9.47 Å². The van der Waals surface area contributed by atoms with Crippen LogP contribution in [0.25, 0.3) is 11.1 Å². The summed E-state index contributed by atoms with van der Waals surface area (Å²) in [6.45, 7) is 0.490. The molecule has 0 aliphatic heterocycles. The number of phenolic OH excluding ortho intramolecular Hbond substituents is 2. The van der Waals surface area contributed by atoms with E-state index in [0.717, 1.165) is 0 Å². The molecule has 2 rings (SSSR count). The van der Waals surface area contributed by atoms with Crippen molar-refractivity contribution in [2.45, 2.75) is 6.42 Å². The van der Waals surface area contributed by atoms with Crippen LogP contribution in [0.15, 0.2) is 18.2 Å². The molecular weight excluding hydrogens is 382 g/mol. The van der Waals surface area contributed by atoms with E-state index >= 15 is 0 Å². The van der Waals surface area contributed by atoms with E-state index in [1.54, 1.807) is 0 Å². The molecule has 2 aromatic rings. The fourth-order valence-electron chi connectivity index (χ4n) is 3.05. The number of carboxylic acids is 2. The SMILES string of the molecule is COc1ccc(C(=O)O)c(-c2c(O)c(OC)cc(CCN(C)C)c2C(=O)O)c1O. The molecule has 0 radical (unpaired) electrons. The highest BCUT2D eigenvalue weighted by molar-refractivity contribution is 6.07. The van der Waals surface area contributed by atoms with Crippen molar-refractivity contribution in [1.29, 1.82) is 0 Å². The van der Waals surface area contributed by atoms with Gasteiger partial charge in [-0.15, -0.1) is 0 Å². The molecule has 0 aromatic heterocycles. The molecule has 0 aliphatic rings. The zero-order valence-corrected chi connectivity index (χ0v) is 16.5. The number of aromatic hydroxyl groups is 2. The average Bonchev–Trinajstić information content (AvgIpc) is 2.66. The summed E-state index contributed by atoms with van der Waals surface area (Å²) in [5, 5.41) is 40.8. The standard InChI is InChI=1S/C20H23NO8/c1-21(2)8-7-10-9-13(29-4)18(23)16(14(10)20(26)27)15-11(19(24)25)5-6-12(28-3)17(15)22/h5-6,9,22-23H,7-8H2,1-4H3,(H,24,25)(H,26,27). The number of likely N-dealkylation sites (N-methyl/N-ethyl adjacent to an activating group) is 1. The minimum absolute atomic E-state index is 0.0442. The van der Waals surface area contributed by atoms with Crippen molar-refractivity contribution in [2.75, 3.05) is 34.9 Å². The van der Waals surface area contributed by atoms with Crippen molar-refractivity contribution in [1.82, 2.24) is 4.90 Å². The first kappa shape index (κ1) is 21.8. The van der Waals surface area contributed by atoms with Crippen LogP contribution in [0, 0.1) is 0 Å². The first-order valence-electron chi connectivity index (χ1n) is 8.58. The van der Waals surface area contributed by atoms with Gasteiger partial charge in [-0.3, -0.25) is 0 Å². The third-order valence-corrected chi connectivity index (χ3v) is 4.45. The zero-order valence-electron chi connectivity index (χ0n) is 16.5. The van der Waals surface area contributed by atoms with E-state index in [-0.39, 0.29) is 34.6 Å². The van der Waals surface area contributed by atoms with Crippen LogP contribution in [-0.4, -0.2) is 72.1 Å². The van der Waals surface area contributed by atoms with E-state index in [9.17, 15) is 30.0 Å². The normalized spacial score (nSPS) is 10.8. The summed E-state index contributed by atoms with van der Waals surface area (Å²) in [4.78, 5) is 25.8. The minimum Gasteiger partial charge on any atom is -0.504 e. The van der Waals surface area contributed by atoms with Crippen molar-refractivity contribution in [3.05, 3.63) is 34.9 Å². The largest absolute Gasteiger partial charge is 0.504 e. The first-order chi connectivity index (χ1) is 13.6. The second-order valence-electron chi connectivity index (χ2n) is 6.54. The van der Waals surface area contributed by atoms with Gasteiger partial charge in [0.1, 0.15) is 0 Å². The van der Waals surface area contributed by atoms with Crippen molar-refractivity contribution < 1.29 is 39.5 Å². The molecule has 0 saturated carbocycles. The van der Waals surface area contributed by atoms with Gasteiger partial charge in [0, 0.05) is 17.7 Å². The number of phenols is 2. The molecule has 0 unspecified atom stereocenters. The molecule has 29 heavy (non-hydrogen) atoms. The summed E-state index contributed by atoms with van der Waals surface area (Å²) in [5.74, 6) is -4.10. The number of carboxylic acid groups (broad SMARTS) is 2. The van der Waals surface area contributed by atoms with Gasteiger partial charge in [0.25, 0.3) is 0 Å². The fraction of sp³-hybridized carbons (Fsp3) is 0.300. The molecule has 0 heterocycles. The lowest BCUT2D eigenvalue weighted by Gasteiger charge is -2.20. The quantitative estimate of drug-likeness (QED) is 0.521. The molecule has 9 nitrogen and oxygen atoms in total.